The SMILES string of the molecule is CCCc1c(CNC2CC2)cnn1-c1cccc(Br)c1. The number of aromatic nitrogens is 2. The monoisotopic (exact) mass is 333 g/mol. The minimum Gasteiger partial charge on any atom is -0.310 e. The second-order valence-corrected chi connectivity index (χ2v) is 6.33. The molecular formula is C16H20BrN3. The first kappa shape index (κ1) is 13.8. The summed E-state index contributed by atoms with van der Waals surface area (Å²) in [5, 5.41) is 8.19. The molecule has 0 spiro atoms. The fourth-order valence-electron chi connectivity index (χ4n) is 2.43. The van der Waals surface area contributed by atoms with Crippen LogP contribution in [0.2, 0.25) is 0 Å². The Hall–Kier alpha value is -1.13. The maximum atomic E-state index is 4.60. The van der Waals surface area contributed by atoms with Crippen LogP contribution in [-0.2, 0) is 13.0 Å². The lowest BCUT2D eigenvalue weighted by Crippen LogP contribution is -2.16. The molecule has 1 N–H and O–H groups in total. The van der Waals surface area contributed by atoms with Gasteiger partial charge in [0, 0.05) is 28.3 Å². The summed E-state index contributed by atoms with van der Waals surface area (Å²) in [6.45, 7) is 3.16. The molecule has 0 saturated heterocycles. The van der Waals surface area contributed by atoms with Gasteiger partial charge in [-0.15, -0.1) is 0 Å². The summed E-state index contributed by atoms with van der Waals surface area (Å²) in [4.78, 5) is 0. The van der Waals surface area contributed by atoms with Crippen LogP contribution in [0.1, 0.15) is 37.4 Å². The third-order valence-corrected chi connectivity index (χ3v) is 4.15. The molecule has 1 aliphatic rings. The number of rotatable bonds is 6. The Morgan fingerprint density at radius 1 is 1.40 bits per heavy atom. The molecule has 1 aromatic heterocycles. The summed E-state index contributed by atoms with van der Waals surface area (Å²) < 4.78 is 3.17. The summed E-state index contributed by atoms with van der Waals surface area (Å²) in [6.07, 6.45) is 6.86. The molecule has 0 amide bonds. The molecule has 0 atom stereocenters. The van der Waals surface area contributed by atoms with Crippen LogP contribution in [0.25, 0.3) is 5.69 Å². The molecular weight excluding hydrogens is 314 g/mol. The van der Waals surface area contributed by atoms with E-state index in [4.69, 9.17) is 0 Å². The van der Waals surface area contributed by atoms with Gasteiger partial charge in [0.15, 0.2) is 0 Å². The molecule has 1 fully saturated rings. The number of benzene rings is 1. The number of halogens is 1. The smallest absolute Gasteiger partial charge is 0.0660 e. The highest BCUT2D eigenvalue weighted by molar-refractivity contribution is 9.10. The number of nitrogens with one attached hydrogen (secondary N) is 1. The molecule has 3 rings (SSSR count). The average molecular weight is 334 g/mol. The molecule has 2 aromatic rings. The van der Waals surface area contributed by atoms with Crippen molar-refractivity contribution in [2.45, 2.75) is 45.2 Å². The maximum absolute atomic E-state index is 4.60. The predicted molar refractivity (Wildman–Crippen MR) is 85.1 cm³/mol. The van der Waals surface area contributed by atoms with Crippen molar-refractivity contribution < 1.29 is 0 Å². The van der Waals surface area contributed by atoms with Crippen molar-refractivity contribution in [1.29, 1.82) is 0 Å². The third-order valence-electron chi connectivity index (χ3n) is 3.65. The van der Waals surface area contributed by atoms with Gasteiger partial charge in [0.2, 0.25) is 0 Å². The van der Waals surface area contributed by atoms with Crippen molar-refractivity contribution in [2.24, 2.45) is 0 Å². The fraction of sp³-hybridized carbons (Fsp3) is 0.438. The fourth-order valence-corrected chi connectivity index (χ4v) is 2.82. The zero-order valence-corrected chi connectivity index (χ0v) is 13.4. The summed E-state index contributed by atoms with van der Waals surface area (Å²) in [7, 11) is 0. The van der Waals surface area contributed by atoms with E-state index in [1.54, 1.807) is 0 Å². The highest BCUT2D eigenvalue weighted by Gasteiger charge is 2.21. The summed E-state index contributed by atoms with van der Waals surface area (Å²) in [5.41, 5.74) is 3.79. The molecule has 0 radical (unpaired) electrons. The lowest BCUT2D eigenvalue weighted by molar-refractivity contribution is 0.676. The van der Waals surface area contributed by atoms with Crippen LogP contribution in [0.15, 0.2) is 34.9 Å². The van der Waals surface area contributed by atoms with Gasteiger partial charge in [0.25, 0.3) is 0 Å². The van der Waals surface area contributed by atoms with E-state index in [9.17, 15) is 0 Å². The second kappa shape index (κ2) is 6.10. The van der Waals surface area contributed by atoms with Crippen molar-refractivity contribution in [3.8, 4) is 5.69 Å². The topological polar surface area (TPSA) is 29.9 Å². The normalized spacial score (nSPS) is 14.7. The van der Waals surface area contributed by atoms with Gasteiger partial charge in [-0.05, 0) is 37.5 Å². The Balaban J connectivity index is 1.88. The van der Waals surface area contributed by atoms with Gasteiger partial charge >= 0.3 is 0 Å². The molecule has 0 aliphatic heterocycles. The third kappa shape index (κ3) is 3.13. The predicted octanol–water partition coefficient (Wildman–Crippen LogP) is 3.84. The Kier molecular flexibility index (Phi) is 4.22. The van der Waals surface area contributed by atoms with Crippen LogP contribution in [0.3, 0.4) is 0 Å². The van der Waals surface area contributed by atoms with Crippen LogP contribution < -0.4 is 5.32 Å². The van der Waals surface area contributed by atoms with Crippen molar-refractivity contribution in [2.75, 3.05) is 0 Å². The van der Waals surface area contributed by atoms with E-state index >= 15 is 0 Å². The van der Waals surface area contributed by atoms with E-state index in [0.29, 0.717) is 0 Å². The second-order valence-electron chi connectivity index (χ2n) is 5.41. The van der Waals surface area contributed by atoms with E-state index < -0.39 is 0 Å². The molecule has 3 nitrogen and oxygen atoms in total. The zero-order chi connectivity index (χ0) is 13.9. The Morgan fingerprint density at radius 3 is 2.95 bits per heavy atom. The largest absolute Gasteiger partial charge is 0.310 e. The van der Waals surface area contributed by atoms with Crippen molar-refractivity contribution in [3.05, 3.63) is 46.2 Å². The van der Waals surface area contributed by atoms with Crippen molar-refractivity contribution >= 4 is 15.9 Å². The van der Waals surface area contributed by atoms with E-state index in [1.165, 1.54) is 24.1 Å². The van der Waals surface area contributed by atoms with E-state index in [1.807, 2.05) is 12.3 Å². The van der Waals surface area contributed by atoms with Crippen molar-refractivity contribution in [1.82, 2.24) is 15.1 Å². The summed E-state index contributed by atoms with van der Waals surface area (Å²) in [5.74, 6) is 0. The molecule has 0 unspecified atom stereocenters. The van der Waals surface area contributed by atoms with Crippen LogP contribution in [0.4, 0.5) is 0 Å². The van der Waals surface area contributed by atoms with Crippen LogP contribution in [-0.4, -0.2) is 15.8 Å². The molecule has 106 valence electrons. The molecule has 0 bridgehead atoms. The minimum absolute atomic E-state index is 0.735. The molecule has 1 aliphatic carbocycles. The summed E-state index contributed by atoms with van der Waals surface area (Å²) in [6, 6.07) is 9.05. The first-order valence-electron chi connectivity index (χ1n) is 7.33. The zero-order valence-electron chi connectivity index (χ0n) is 11.8. The van der Waals surface area contributed by atoms with Gasteiger partial charge in [0.05, 0.1) is 11.9 Å². The highest BCUT2D eigenvalue weighted by atomic mass is 79.9. The Labute approximate surface area is 128 Å². The lowest BCUT2D eigenvalue weighted by Gasteiger charge is -2.10. The molecule has 20 heavy (non-hydrogen) atoms. The quantitative estimate of drug-likeness (QED) is 0.870. The van der Waals surface area contributed by atoms with Gasteiger partial charge in [0.1, 0.15) is 0 Å². The molecule has 1 heterocycles. The van der Waals surface area contributed by atoms with Crippen LogP contribution >= 0.6 is 15.9 Å². The first-order valence-corrected chi connectivity index (χ1v) is 8.12. The van der Waals surface area contributed by atoms with Gasteiger partial charge in [-0.3, -0.25) is 0 Å². The van der Waals surface area contributed by atoms with Crippen LogP contribution in [0.5, 0.6) is 0 Å². The Morgan fingerprint density at radius 2 is 2.25 bits per heavy atom. The molecule has 1 saturated carbocycles. The van der Waals surface area contributed by atoms with Gasteiger partial charge in [-0.25, -0.2) is 4.68 Å². The minimum atomic E-state index is 0.735. The number of hydrogen-bond donors (Lipinski definition) is 1. The van der Waals surface area contributed by atoms with Crippen LogP contribution in [0, 0.1) is 0 Å². The highest BCUT2D eigenvalue weighted by Crippen LogP contribution is 2.22. The first-order chi connectivity index (χ1) is 9.78. The van der Waals surface area contributed by atoms with E-state index in [0.717, 1.165) is 35.6 Å². The number of hydrogen-bond acceptors (Lipinski definition) is 2. The van der Waals surface area contributed by atoms with Gasteiger partial charge < -0.3 is 5.32 Å². The van der Waals surface area contributed by atoms with E-state index in [2.05, 4.69) is 56.2 Å². The van der Waals surface area contributed by atoms with Crippen molar-refractivity contribution in [3.63, 3.8) is 0 Å². The average Bonchev–Trinajstić information content (AvgIpc) is 3.19. The van der Waals surface area contributed by atoms with E-state index in [-0.39, 0.29) is 0 Å². The van der Waals surface area contributed by atoms with Gasteiger partial charge in [-0.2, -0.15) is 5.10 Å². The Bertz CT molecular complexity index is 587. The van der Waals surface area contributed by atoms with Gasteiger partial charge in [-0.1, -0.05) is 35.3 Å². The number of nitrogens with zero attached hydrogens (tertiary/aromatic N) is 2. The molecule has 1 aromatic carbocycles. The standard InChI is InChI=1S/C16H20BrN3/c1-2-4-16-12(10-18-14-7-8-14)11-19-20(16)15-6-3-5-13(17)9-15/h3,5-6,9,11,14,18H,2,4,7-8,10H2,1H3. The summed E-state index contributed by atoms with van der Waals surface area (Å²) >= 11 is 3.53. The molecule has 4 heteroatoms. The lowest BCUT2D eigenvalue weighted by atomic mass is 10.1. The maximum Gasteiger partial charge on any atom is 0.0660 e.